The van der Waals surface area contributed by atoms with Crippen LogP contribution in [-0.4, -0.2) is 40.6 Å². The molecule has 0 amide bonds. The number of nitrogens with zero attached hydrogens (tertiary/aromatic N) is 1. The molecule has 0 radical (unpaired) electrons. The summed E-state index contributed by atoms with van der Waals surface area (Å²) in [6, 6.07) is 0. The summed E-state index contributed by atoms with van der Waals surface area (Å²) < 4.78 is 0. The zero-order valence-electron chi connectivity index (χ0n) is 14.9. The van der Waals surface area contributed by atoms with Gasteiger partial charge in [-0.3, -0.25) is 9.59 Å². The molecule has 0 spiro atoms. The lowest BCUT2D eigenvalue weighted by molar-refractivity contribution is -0.125. The van der Waals surface area contributed by atoms with Crippen molar-refractivity contribution in [2.24, 2.45) is 5.92 Å². The summed E-state index contributed by atoms with van der Waals surface area (Å²) in [6.07, 6.45) is 6.32. The molecular weight excluding hydrogens is 306 g/mol. The minimum Gasteiger partial charge on any atom is -0.374 e. The van der Waals surface area contributed by atoms with Crippen LogP contribution in [0.2, 0.25) is 0 Å². The van der Waals surface area contributed by atoms with Gasteiger partial charge in [0.05, 0.1) is 5.57 Å². The molecule has 0 aromatic carbocycles. The highest BCUT2D eigenvalue weighted by Gasteiger charge is 2.34. The molecule has 130 valence electrons. The number of hydrogen-bond donors (Lipinski definition) is 0. The molecule has 1 saturated heterocycles. The van der Waals surface area contributed by atoms with Gasteiger partial charge in [0.15, 0.2) is 11.6 Å². The van der Waals surface area contributed by atoms with Crippen molar-refractivity contribution >= 4 is 23.3 Å². The second-order valence-corrected chi connectivity index (χ2v) is 8.60. The van der Waals surface area contributed by atoms with Crippen molar-refractivity contribution in [2.45, 2.75) is 71.0 Å². The van der Waals surface area contributed by atoms with E-state index in [2.05, 4.69) is 25.7 Å². The second kappa shape index (κ2) is 8.91. The van der Waals surface area contributed by atoms with E-state index >= 15 is 0 Å². The maximum Gasteiger partial charge on any atom is 0.168 e. The molecule has 2 rings (SSSR count). The molecule has 0 bridgehead atoms. The first-order valence-electron chi connectivity index (χ1n) is 9.22. The predicted octanol–water partition coefficient (Wildman–Crippen LogP) is 4.22. The van der Waals surface area contributed by atoms with Crippen LogP contribution in [0.5, 0.6) is 0 Å². The smallest absolute Gasteiger partial charge is 0.168 e. The van der Waals surface area contributed by atoms with Gasteiger partial charge in [0.25, 0.3) is 0 Å². The average Bonchev–Trinajstić information content (AvgIpc) is 2.99. The Balaban J connectivity index is 2.12. The third kappa shape index (κ3) is 4.85. The van der Waals surface area contributed by atoms with Crippen LogP contribution in [0.4, 0.5) is 0 Å². The molecule has 23 heavy (non-hydrogen) atoms. The fraction of sp³-hybridized carbons (Fsp3) is 0.789. The Hall–Kier alpha value is -0.770. The second-order valence-electron chi connectivity index (χ2n) is 6.89. The summed E-state index contributed by atoms with van der Waals surface area (Å²) in [5, 5.41) is 0.532. The number of likely N-dealkylation sites (tertiary alicyclic amines) is 1. The van der Waals surface area contributed by atoms with Crippen LogP contribution in [0.1, 0.15) is 65.7 Å². The van der Waals surface area contributed by atoms with Crippen molar-refractivity contribution in [1.82, 2.24) is 4.90 Å². The third-order valence-electron chi connectivity index (χ3n) is 4.89. The number of Topliss-reactive ketones (excluding diaryl/α,β-unsaturated/α-hetero) is 2. The van der Waals surface area contributed by atoms with E-state index in [1.807, 2.05) is 11.8 Å². The van der Waals surface area contributed by atoms with E-state index in [4.69, 9.17) is 0 Å². The van der Waals surface area contributed by atoms with E-state index in [0.717, 1.165) is 43.8 Å². The minimum atomic E-state index is 0.107. The molecule has 1 atom stereocenters. The molecular formula is C19H31NO2S. The van der Waals surface area contributed by atoms with Crippen LogP contribution in [0.15, 0.2) is 11.3 Å². The van der Waals surface area contributed by atoms with Gasteiger partial charge in [-0.2, -0.15) is 11.8 Å². The number of allylic oxidation sites excluding steroid dienone is 2. The first-order chi connectivity index (χ1) is 11.1. The van der Waals surface area contributed by atoms with E-state index in [1.54, 1.807) is 0 Å². The molecule has 0 N–H and O–H groups in total. The Morgan fingerprint density at radius 3 is 2.30 bits per heavy atom. The quantitative estimate of drug-likeness (QED) is 0.515. The summed E-state index contributed by atoms with van der Waals surface area (Å²) in [5.74, 6) is 1.55. The number of ketones is 2. The molecule has 1 aliphatic heterocycles. The fourth-order valence-corrected chi connectivity index (χ4v) is 4.91. The Labute approximate surface area is 145 Å². The summed E-state index contributed by atoms with van der Waals surface area (Å²) in [6.45, 7) is 8.51. The highest BCUT2D eigenvalue weighted by atomic mass is 32.2. The highest BCUT2D eigenvalue weighted by Crippen LogP contribution is 2.33. The van der Waals surface area contributed by atoms with Gasteiger partial charge < -0.3 is 4.90 Å². The minimum absolute atomic E-state index is 0.107. The summed E-state index contributed by atoms with van der Waals surface area (Å²) >= 11 is 1.92. The topological polar surface area (TPSA) is 37.4 Å². The first-order valence-corrected chi connectivity index (χ1v) is 10.3. The van der Waals surface area contributed by atoms with Crippen molar-refractivity contribution in [3.63, 3.8) is 0 Å². The average molecular weight is 338 g/mol. The molecule has 2 aliphatic rings. The van der Waals surface area contributed by atoms with Crippen molar-refractivity contribution < 1.29 is 9.59 Å². The standard InChI is InChI=1S/C19H31NO2S/c1-4-8-16(20-9-6-7-10-20)19-17(21)12-15(13-18(19)22)11-14(3)23-5-2/h14-15H,4-13H2,1-3H3. The lowest BCUT2D eigenvalue weighted by atomic mass is 9.80. The van der Waals surface area contributed by atoms with Gasteiger partial charge in [-0.05, 0) is 37.4 Å². The van der Waals surface area contributed by atoms with Crippen molar-refractivity contribution in [3.05, 3.63) is 11.3 Å². The SMILES string of the molecule is CCCC(=C1C(=O)CC(CC(C)SCC)CC1=O)N1CCCC1. The van der Waals surface area contributed by atoms with Crippen molar-refractivity contribution in [3.8, 4) is 0 Å². The molecule has 1 heterocycles. The zero-order chi connectivity index (χ0) is 16.8. The molecule has 2 fully saturated rings. The van der Waals surface area contributed by atoms with Gasteiger partial charge in [0.1, 0.15) is 0 Å². The van der Waals surface area contributed by atoms with Gasteiger partial charge in [-0.15, -0.1) is 0 Å². The summed E-state index contributed by atoms with van der Waals surface area (Å²) in [4.78, 5) is 27.7. The Morgan fingerprint density at radius 1 is 1.17 bits per heavy atom. The molecule has 3 nitrogen and oxygen atoms in total. The van der Waals surface area contributed by atoms with Gasteiger partial charge in [0.2, 0.25) is 0 Å². The molecule has 1 saturated carbocycles. The largest absolute Gasteiger partial charge is 0.374 e. The van der Waals surface area contributed by atoms with E-state index in [1.165, 1.54) is 12.8 Å². The van der Waals surface area contributed by atoms with Crippen LogP contribution in [0.25, 0.3) is 0 Å². The van der Waals surface area contributed by atoms with E-state index < -0.39 is 0 Å². The zero-order valence-corrected chi connectivity index (χ0v) is 15.7. The maximum absolute atomic E-state index is 12.7. The van der Waals surface area contributed by atoms with E-state index in [0.29, 0.717) is 23.7 Å². The van der Waals surface area contributed by atoms with Crippen LogP contribution in [0, 0.1) is 5.92 Å². The number of carbonyl (C=O) groups is 2. The van der Waals surface area contributed by atoms with Gasteiger partial charge >= 0.3 is 0 Å². The Morgan fingerprint density at radius 2 is 1.78 bits per heavy atom. The highest BCUT2D eigenvalue weighted by molar-refractivity contribution is 7.99. The number of rotatable bonds is 7. The predicted molar refractivity (Wildman–Crippen MR) is 97.7 cm³/mol. The number of thioether (sulfide) groups is 1. The Bertz CT molecular complexity index is 446. The third-order valence-corrected chi connectivity index (χ3v) is 5.98. The molecule has 1 aliphatic carbocycles. The van der Waals surface area contributed by atoms with Crippen molar-refractivity contribution in [2.75, 3.05) is 18.8 Å². The molecule has 0 aromatic heterocycles. The number of carbonyl (C=O) groups excluding carboxylic acids is 2. The van der Waals surface area contributed by atoms with Crippen LogP contribution in [0.3, 0.4) is 0 Å². The lowest BCUT2D eigenvalue weighted by Gasteiger charge is -2.29. The van der Waals surface area contributed by atoms with Gasteiger partial charge in [0, 0.05) is 36.9 Å². The molecule has 0 aromatic rings. The fourth-order valence-electron chi connectivity index (χ4n) is 3.93. The maximum atomic E-state index is 12.7. The van der Waals surface area contributed by atoms with Crippen LogP contribution < -0.4 is 0 Å². The summed E-state index contributed by atoms with van der Waals surface area (Å²) in [7, 11) is 0. The normalized spacial score (nSPS) is 23.5. The number of hydrogen-bond acceptors (Lipinski definition) is 4. The van der Waals surface area contributed by atoms with Crippen LogP contribution in [-0.2, 0) is 9.59 Å². The van der Waals surface area contributed by atoms with Gasteiger partial charge in [-0.25, -0.2) is 0 Å². The first kappa shape index (κ1) is 18.6. The van der Waals surface area contributed by atoms with E-state index in [-0.39, 0.29) is 17.5 Å². The summed E-state index contributed by atoms with van der Waals surface area (Å²) in [5.41, 5.74) is 1.61. The molecule has 4 heteroatoms. The van der Waals surface area contributed by atoms with Crippen molar-refractivity contribution in [1.29, 1.82) is 0 Å². The van der Waals surface area contributed by atoms with E-state index in [9.17, 15) is 9.59 Å². The monoisotopic (exact) mass is 337 g/mol. The lowest BCUT2D eigenvalue weighted by Crippen LogP contribution is -2.32. The van der Waals surface area contributed by atoms with Gasteiger partial charge in [-0.1, -0.05) is 27.2 Å². The molecule has 1 unspecified atom stereocenters. The Kier molecular flexibility index (Phi) is 7.19. The van der Waals surface area contributed by atoms with Crippen LogP contribution >= 0.6 is 11.8 Å².